The summed E-state index contributed by atoms with van der Waals surface area (Å²) in [6, 6.07) is 13.7. The van der Waals surface area contributed by atoms with E-state index in [9.17, 15) is 4.39 Å². The molecule has 0 aliphatic rings. The highest BCUT2D eigenvalue weighted by Crippen LogP contribution is 2.18. The van der Waals surface area contributed by atoms with Crippen LogP contribution in [0.5, 0.6) is 11.5 Å². The Hall–Kier alpha value is -2.07. The predicted octanol–water partition coefficient (Wildman–Crippen LogP) is 2.78. The maximum Gasteiger partial charge on any atom is 0.165 e. The molecule has 0 fully saturated rings. The average molecular weight is 262 g/mol. The van der Waals surface area contributed by atoms with Crippen LogP contribution in [0.1, 0.15) is 5.56 Å². The summed E-state index contributed by atoms with van der Waals surface area (Å²) in [6.07, 6.45) is 0. The topological polar surface area (TPSA) is 38.7 Å². The second-order valence-electron chi connectivity index (χ2n) is 3.93. The van der Waals surface area contributed by atoms with Crippen LogP contribution in [-0.4, -0.2) is 18.3 Å². The monoisotopic (exact) mass is 262 g/mol. The van der Waals surface area contributed by atoms with E-state index in [4.69, 9.17) is 14.6 Å². The number of benzene rings is 2. The van der Waals surface area contributed by atoms with Crippen LogP contribution in [0.4, 0.5) is 4.39 Å². The Balaban J connectivity index is 1.80. The van der Waals surface area contributed by atoms with E-state index >= 15 is 0 Å². The van der Waals surface area contributed by atoms with Crippen LogP contribution < -0.4 is 9.47 Å². The van der Waals surface area contributed by atoms with Gasteiger partial charge in [0, 0.05) is 0 Å². The molecule has 0 saturated carbocycles. The molecule has 0 unspecified atom stereocenters. The Morgan fingerprint density at radius 1 is 0.947 bits per heavy atom. The fourth-order valence-corrected chi connectivity index (χ4v) is 1.59. The highest BCUT2D eigenvalue weighted by Gasteiger charge is 2.04. The van der Waals surface area contributed by atoms with Crippen molar-refractivity contribution in [1.82, 2.24) is 0 Å². The van der Waals surface area contributed by atoms with Gasteiger partial charge in [-0.05, 0) is 29.8 Å². The van der Waals surface area contributed by atoms with Crippen LogP contribution in [0.3, 0.4) is 0 Å². The van der Waals surface area contributed by atoms with E-state index in [-0.39, 0.29) is 19.0 Å². The lowest BCUT2D eigenvalue weighted by Crippen LogP contribution is -2.09. The summed E-state index contributed by atoms with van der Waals surface area (Å²) in [5.74, 6) is 0.433. The van der Waals surface area contributed by atoms with Crippen molar-refractivity contribution in [2.45, 2.75) is 6.61 Å². The molecular weight excluding hydrogens is 247 g/mol. The van der Waals surface area contributed by atoms with E-state index in [1.807, 2.05) is 30.3 Å². The minimum atomic E-state index is -0.480. The molecule has 0 heterocycles. The van der Waals surface area contributed by atoms with Crippen LogP contribution in [0.2, 0.25) is 0 Å². The first-order valence-electron chi connectivity index (χ1n) is 5.99. The molecule has 0 bridgehead atoms. The zero-order chi connectivity index (χ0) is 13.5. The number of ether oxygens (including phenoxy) is 2. The van der Waals surface area contributed by atoms with Crippen molar-refractivity contribution in [3.05, 3.63) is 59.9 Å². The predicted molar refractivity (Wildman–Crippen MR) is 69.8 cm³/mol. The van der Waals surface area contributed by atoms with Crippen molar-refractivity contribution in [2.75, 3.05) is 13.2 Å². The normalized spacial score (nSPS) is 10.2. The van der Waals surface area contributed by atoms with Crippen molar-refractivity contribution >= 4 is 0 Å². The average Bonchev–Trinajstić information content (AvgIpc) is 2.46. The van der Waals surface area contributed by atoms with Crippen molar-refractivity contribution in [2.24, 2.45) is 0 Å². The number of aliphatic hydroxyl groups excluding tert-OH is 1. The Morgan fingerprint density at radius 3 is 2.37 bits per heavy atom. The second kappa shape index (κ2) is 6.75. The molecule has 0 amide bonds. The number of para-hydroxylation sites is 1. The molecule has 0 saturated heterocycles. The minimum Gasteiger partial charge on any atom is -0.490 e. The molecule has 0 aromatic heterocycles. The van der Waals surface area contributed by atoms with Gasteiger partial charge in [0.2, 0.25) is 0 Å². The molecule has 0 aliphatic carbocycles. The Morgan fingerprint density at radius 2 is 1.68 bits per heavy atom. The summed E-state index contributed by atoms with van der Waals surface area (Å²) in [5, 5.41) is 8.87. The van der Waals surface area contributed by atoms with Crippen LogP contribution in [-0.2, 0) is 6.61 Å². The summed E-state index contributed by atoms with van der Waals surface area (Å²) in [7, 11) is 0. The van der Waals surface area contributed by atoms with Gasteiger partial charge in [0.05, 0.1) is 6.61 Å². The Labute approximate surface area is 111 Å². The Bertz CT molecular complexity index is 514. The summed E-state index contributed by atoms with van der Waals surface area (Å²) >= 11 is 0. The van der Waals surface area contributed by atoms with Gasteiger partial charge in [0.1, 0.15) is 19.0 Å². The zero-order valence-corrected chi connectivity index (χ0v) is 10.4. The first-order chi connectivity index (χ1) is 9.29. The van der Waals surface area contributed by atoms with E-state index in [1.54, 1.807) is 6.07 Å². The number of hydrogen-bond donors (Lipinski definition) is 1. The maximum absolute atomic E-state index is 13.5. The molecule has 2 aromatic carbocycles. The first kappa shape index (κ1) is 13.4. The van der Waals surface area contributed by atoms with Gasteiger partial charge in [-0.2, -0.15) is 0 Å². The fourth-order valence-electron chi connectivity index (χ4n) is 1.59. The molecule has 4 heteroatoms. The van der Waals surface area contributed by atoms with E-state index in [1.165, 1.54) is 12.1 Å². The van der Waals surface area contributed by atoms with E-state index in [0.717, 1.165) is 5.75 Å². The molecule has 100 valence electrons. The highest BCUT2D eigenvalue weighted by atomic mass is 19.1. The summed E-state index contributed by atoms with van der Waals surface area (Å²) < 4.78 is 24.2. The standard InChI is InChI=1S/C15H15FO3/c16-14-10-12(11-17)6-7-15(14)19-9-8-18-13-4-2-1-3-5-13/h1-7,10,17H,8-9,11H2. The van der Waals surface area contributed by atoms with Gasteiger partial charge in [-0.25, -0.2) is 4.39 Å². The summed E-state index contributed by atoms with van der Waals surface area (Å²) in [6.45, 7) is 0.407. The third-order valence-electron chi connectivity index (χ3n) is 2.53. The van der Waals surface area contributed by atoms with Gasteiger partial charge in [0.15, 0.2) is 11.6 Å². The van der Waals surface area contributed by atoms with Crippen LogP contribution in [0, 0.1) is 5.82 Å². The zero-order valence-electron chi connectivity index (χ0n) is 10.4. The molecule has 0 aliphatic heterocycles. The van der Waals surface area contributed by atoms with E-state index < -0.39 is 5.82 Å². The molecule has 0 spiro atoms. The van der Waals surface area contributed by atoms with Gasteiger partial charge >= 0.3 is 0 Å². The molecule has 3 nitrogen and oxygen atoms in total. The molecule has 0 atom stereocenters. The second-order valence-corrected chi connectivity index (χ2v) is 3.93. The van der Waals surface area contributed by atoms with E-state index in [2.05, 4.69) is 0 Å². The molecular formula is C15H15FO3. The SMILES string of the molecule is OCc1ccc(OCCOc2ccccc2)c(F)c1. The highest BCUT2D eigenvalue weighted by molar-refractivity contribution is 5.29. The number of hydrogen-bond acceptors (Lipinski definition) is 3. The number of rotatable bonds is 6. The van der Waals surface area contributed by atoms with Crippen molar-refractivity contribution in [3.63, 3.8) is 0 Å². The smallest absolute Gasteiger partial charge is 0.165 e. The lowest BCUT2D eigenvalue weighted by Gasteiger charge is -2.09. The quantitative estimate of drug-likeness (QED) is 0.813. The van der Waals surface area contributed by atoms with Gasteiger partial charge in [-0.15, -0.1) is 0 Å². The molecule has 19 heavy (non-hydrogen) atoms. The van der Waals surface area contributed by atoms with Crippen LogP contribution in [0.15, 0.2) is 48.5 Å². The van der Waals surface area contributed by atoms with Crippen LogP contribution >= 0.6 is 0 Å². The third-order valence-corrected chi connectivity index (χ3v) is 2.53. The van der Waals surface area contributed by atoms with Crippen molar-refractivity contribution in [1.29, 1.82) is 0 Å². The molecule has 0 radical (unpaired) electrons. The van der Waals surface area contributed by atoms with Crippen LogP contribution in [0.25, 0.3) is 0 Å². The minimum absolute atomic E-state index is 0.161. The van der Waals surface area contributed by atoms with E-state index in [0.29, 0.717) is 12.2 Å². The molecule has 2 aromatic rings. The third kappa shape index (κ3) is 3.96. The molecule has 2 rings (SSSR count). The van der Waals surface area contributed by atoms with Gasteiger partial charge in [0.25, 0.3) is 0 Å². The number of halogens is 1. The van der Waals surface area contributed by atoms with Crippen molar-refractivity contribution < 1.29 is 19.0 Å². The summed E-state index contributed by atoms with van der Waals surface area (Å²) in [4.78, 5) is 0. The van der Waals surface area contributed by atoms with Gasteiger partial charge in [-0.1, -0.05) is 24.3 Å². The summed E-state index contributed by atoms with van der Waals surface area (Å²) in [5.41, 5.74) is 0.519. The van der Waals surface area contributed by atoms with Gasteiger partial charge in [-0.3, -0.25) is 0 Å². The Kier molecular flexibility index (Phi) is 4.75. The maximum atomic E-state index is 13.5. The lowest BCUT2D eigenvalue weighted by atomic mass is 10.2. The largest absolute Gasteiger partial charge is 0.490 e. The lowest BCUT2D eigenvalue weighted by molar-refractivity contribution is 0.211. The fraction of sp³-hybridized carbons (Fsp3) is 0.200. The van der Waals surface area contributed by atoms with Crippen molar-refractivity contribution in [3.8, 4) is 11.5 Å². The van der Waals surface area contributed by atoms with Gasteiger partial charge < -0.3 is 14.6 Å². The first-order valence-corrected chi connectivity index (χ1v) is 5.99. The molecule has 1 N–H and O–H groups in total. The number of aliphatic hydroxyl groups is 1.